The lowest BCUT2D eigenvalue weighted by molar-refractivity contribution is -0.132. The third-order valence-electron chi connectivity index (χ3n) is 7.75. The van der Waals surface area contributed by atoms with Crippen LogP contribution in [0.2, 0.25) is 0 Å². The Bertz CT molecular complexity index is 1010. The molecular weight excluding hydrogens is 424 g/mol. The van der Waals surface area contributed by atoms with Crippen molar-refractivity contribution in [2.75, 3.05) is 24.5 Å². The molecule has 1 saturated heterocycles. The van der Waals surface area contributed by atoms with Crippen LogP contribution >= 0.6 is 0 Å². The summed E-state index contributed by atoms with van der Waals surface area (Å²) in [6.07, 6.45) is 11.0. The molecule has 0 N–H and O–H groups in total. The van der Waals surface area contributed by atoms with Crippen LogP contribution in [0.25, 0.3) is 0 Å². The predicted octanol–water partition coefficient (Wildman–Crippen LogP) is 4.04. The molecule has 2 amide bonds. The average molecular weight is 461 g/mol. The molecule has 1 aromatic carbocycles. The lowest BCUT2D eigenvalue weighted by Crippen LogP contribution is -2.53. The number of piperidine rings is 1. The van der Waals surface area contributed by atoms with Gasteiger partial charge in [0, 0.05) is 63.3 Å². The second kappa shape index (κ2) is 10.3. The van der Waals surface area contributed by atoms with Gasteiger partial charge in [0.15, 0.2) is 0 Å². The highest BCUT2D eigenvalue weighted by Gasteiger charge is 2.37. The summed E-state index contributed by atoms with van der Waals surface area (Å²) in [6.45, 7) is 4.79. The van der Waals surface area contributed by atoms with Gasteiger partial charge in [0.2, 0.25) is 11.8 Å². The zero-order valence-corrected chi connectivity index (χ0v) is 20.2. The van der Waals surface area contributed by atoms with Gasteiger partial charge >= 0.3 is 0 Å². The normalized spacial score (nSPS) is 23.7. The summed E-state index contributed by atoms with van der Waals surface area (Å²) in [6, 6.07) is 12.8. The topological polar surface area (TPSA) is 56.8 Å². The number of para-hydroxylation sites is 1. The average Bonchev–Trinajstić information content (AvgIpc) is 3.65. The minimum Gasteiger partial charge on any atom is -0.336 e. The summed E-state index contributed by atoms with van der Waals surface area (Å²) in [5.41, 5.74) is 2.93. The Morgan fingerprint density at radius 3 is 2.59 bits per heavy atom. The predicted molar refractivity (Wildman–Crippen MR) is 133 cm³/mol. The maximum absolute atomic E-state index is 13.6. The van der Waals surface area contributed by atoms with E-state index in [1.165, 1.54) is 25.7 Å². The summed E-state index contributed by atoms with van der Waals surface area (Å²) < 4.78 is 0. The molecule has 6 heteroatoms. The van der Waals surface area contributed by atoms with E-state index in [-0.39, 0.29) is 11.8 Å². The van der Waals surface area contributed by atoms with E-state index in [9.17, 15) is 9.59 Å². The summed E-state index contributed by atoms with van der Waals surface area (Å²) in [4.78, 5) is 37.3. The number of carbonyl (C=O) groups excluding carboxylic acids is 2. The molecule has 6 nitrogen and oxygen atoms in total. The fourth-order valence-corrected chi connectivity index (χ4v) is 5.76. The smallest absolute Gasteiger partial charge is 0.227 e. The highest BCUT2D eigenvalue weighted by molar-refractivity contribution is 5.92. The van der Waals surface area contributed by atoms with Gasteiger partial charge in [-0.2, -0.15) is 0 Å². The number of rotatable bonds is 4. The first-order valence-electron chi connectivity index (χ1n) is 12.9. The number of hydrogen-bond donors (Lipinski definition) is 0. The number of aromatic nitrogens is 1. The van der Waals surface area contributed by atoms with Gasteiger partial charge in [0.05, 0.1) is 6.42 Å². The van der Waals surface area contributed by atoms with Gasteiger partial charge < -0.3 is 9.80 Å². The van der Waals surface area contributed by atoms with Crippen molar-refractivity contribution in [2.24, 2.45) is 5.92 Å². The van der Waals surface area contributed by atoms with Gasteiger partial charge in [-0.05, 0) is 61.3 Å². The maximum Gasteiger partial charge on any atom is 0.227 e. The number of pyridine rings is 1. The molecule has 1 saturated carbocycles. The second-order valence-electron chi connectivity index (χ2n) is 10.3. The number of fused-ring (bicyclic) bond motifs is 3. The second-order valence-corrected chi connectivity index (χ2v) is 10.3. The van der Waals surface area contributed by atoms with E-state index in [0.717, 1.165) is 55.2 Å². The van der Waals surface area contributed by atoms with Gasteiger partial charge in [0.1, 0.15) is 0 Å². The molecule has 5 rings (SSSR count). The van der Waals surface area contributed by atoms with Crippen molar-refractivity contribution >= 4 is 17.5 Å². The molecule has 34 heavy (non-hydrogen) atoms. The Labute approximate surface area is 202 Å². The van der Waals surface area contributed by atoms with E-state index in [4.69, 9.17) is 0 Å². The molecule has 3 heterocycles. The fourth-order valence-electron chi connectivity index (χ4n) is 5.76. The molecule has 2 bridgehead atoms. The monoisotopic (exact) mass is 460 g/mol. The summed E-state index contributed by atoms with van der Waals surface area (Å²) >= 11 is 0. The molecule has 3 aliphatic rings. The van der Waals surface area contributed by atoms with Crippen molar-refractivity contribution in [1.29, 1.82) is 0 Å². The third-order valence-corrected chi connectivity index (χ3v) is 7.75. The van der Waals surface area contributed by atoms with Crippen molar-refractivity contribution in [3.63, 3.8) is 0 Å². The van der Waals surface area contributed by atoms with Crippen molar-refractivity contribution < 1.29 is 9.59 Å². The Hall–Kier alpha value is -2.73. The highest BCUT2D eigenvalue weighted by Crippen LogP contribution is 2.36. The number of carbonyl (C=O) groups is 2. The van der Waals surface area contributed by atoms with E-state index < -0.39 is 0 Å². The lowest BCUT2D eigenvalue weighted by Gasteiger charge is -2.44. The first-order chi connectivity index (χ1) is 16.6. The van der Waals surface area contributed by atoms with E-state index >= 15 is 0 Å². The Morgan fingerprint density at radius 2 is 1.82 bits per heavy atom. The van der Waals surface area contributed by atoms with E-state index in [1.807, 2.05) is 40.1 Å². The van der Waals surface area contributed by atoms with Crippen LogP contribution in [0.3, 0.4) is 0 Å². The van der Waals surface area contributed by atoms with Gasteiger partial charge in [-0.3, -0.25) is 19.5 Å². The van der Waals surface area contributed by atoms with E-state index in [1.54, 1.807) is 19.3 Å². The van der Waals surface area contributed by atoms with Crippen LogP contribution in [0.15, 0.2) is 48.8 Å². The quantitative estimate of drug-likeness (QED) is 0.691. The molecule has 180 valence electrons. The highest BCUT2D eigenvalue weighted by atomic mass is 16.2. The van der Waals surface area contributed by atoms with E-state index in [2.05, 4.69) is 16.0 Å². The lowest BCUT2D eigenvalue weighted by atomic mass is 9.92. The summed E-state index contributed by atoms with van der Waals surface area (Å²) in [5.74, 6) is 1.000. The third kappa shape index (κ3) is 5.33. The number of anilines is 1. The first kappa shape index (κ1) is 23.0. The molecule has 0 radical (unpaired) electrons. The first-order valence-corrected chi connectivity index (χ1v) is 12.9. The van der Waals surface area contributed by atoms with Gasteiger partial charge in [-0.15, -0.1) is 0 Å². The fraction of sp³-hybridized carbons (Fsp3) is 0.536. The molecule has 0 spiro atoms. The molecule has 2 unspecified atom stereocenters. The van der Waals surface area contributed by atoms with Crippen LogP contribution in [0.1, 0.15) is 56.6 Å². The van der Waals surface area contributed by atoms with Crippen LogP contribution in [0.4, 0.5) is 5.69 Å². The molecule has 1 aromatic heterocycles. The van der Waals surface area contributed by atoms with Crippen LogP contribution in [0, 0.1) is 5.92 Å². The van der Waals surface area contributed by atoms with Gasteiger partial charge in [0.25, 0.3) is 0 Å². The molecule has 2 atom stereocenters. The van der Waals surface area contributed by atoms with Crippen molar-refractivity contribution in [3.8, 4) is 0 Å². The van der Waals surface area contributed by atoms with Crippen LogP contribution in [-0.4, -0.2) is 58.3 Å². The van der Waals surface area contributed by atoms with E-state index in [0.29, 0.717) is 25.0 Å². The number of nitrogens with zero attached hydrogens (tertiary/aromatic N) is 4. The van der Waals surface area contributed by atoms with Crippen molar-refractivity contribution in [1.82, 2.24) is 14.8 Å². The maximum atomic E-state index is 13.6. The molecule has 2 aromatic rings. The zero-order valence-electron chi connectivity index (χ0n) is 20.2. The SMILES string of the molecule is CC(=O)N1CCC2CCCC(CN(C(=O)Cc3cccnc3)Cc3ccccc31)N2CC1CC1. The van der Waals surface area contributed by atoms with Crippen LogP contribution in [-0.2, 0) is 22.6 Å². The van der Waals surface area contributed by atoms with Gasteiger partial charge in [-0.25, -0.2) is 0 Å². The molecular formula is C28H36N4O2. The Balaban J connectivity index is 1.49. The summed E-state index contributed by atoms with van der Waals surface area (Å²) in [7, 11) is 0. The largest absolute Gasteiger partial charge is 0.336 e. The number of amides is 2. The van der Waals surface area contributed by atoms with Crippen molar-refractivity contribution in [2.45, 2.75) is 70.5 Å². The molecule has 1 aliphatic carbocycles. The molecule has 2 aliphatic heterocycles. The zero-order chi connectivity index (χ0) is 23.5. The van der Waals surface area contributed by atoms with Crippen LogP contribution in [0.5, 0.6) is 0 Å². The minimum atomic E-state index is 0.0704. The number of benzene rings is 1. The standard InChI is InChI=1S/C28H36N4O2/c1-21(33)31-15-13-25-8-4-9-26(32(25)18-22-11-12-22)20-30(19-24-7-2-3-10-27(24)31)28(34)16-23-6-5-14-29-17-23/h2-3,5-7,10,14,17,22,25-26H,4,8-9,11-13,15-16,18-20H2,1H3. The van der Waals surface area contributed by atoms with Crippen LogP contribution < -0.4 is 4.90 Å². The van der Waals surface area contributed by atoms with Gasteiger partial charge in [-0.1, -0.05) is 30.7 Å². The summed E-state index contributed by atoms with van der Waals surface area (Å²) in [5, 5.41) is 0. The Morgan fingerprint density at radius 1 is 1.00 bits per heavy atom. The minimum absolute atomic E-state index is 0.0704. The van der Waals surface area contributed by atoms with Crippen molar-refractivity contribution in [3.05, 3.63) is 59.9 Å². The Kier molecular flexibility index (Phi) is 6.95. The molecule has 2 fully saturated rings. The number of hydrogen-bond acceptors (Lipinski definition) is 4.